The first-order chi connectivity index (χ1) is 9.58. The maximum absolute atomic E-state index is 5.75. The molecule has 0 aliphatic carbocycles. The summed E-state index contributed by atoms with van der Waals surface area (Å²) in [5.74, 6) is 0.539. The second-order valence-corrected chi connectivity index (χ2v) is 5.63. The number of nitrogens with zero attached hydrogens (tertiary/aromatic N) is 1. The molecule has 112 valence electrons. The minimum atomic E-state index is 0.197. The quantitative estimate of drug-likeness (QED) is 0.682. The Morgan fingerprint density at radius 1 is 1.20 bits per heavy atom. The predicted molar refractivity (Wildman–Crippen MR) is 90.2 cm³/mol. The number of rotatable bonds is 7. The highest BCUT2D eigenvalue weighted by Crippen LogP contribution is 2.19. The molecule has 2 unspecified atom stereocenters. The van der Waals surface area contributed by atoms with E-state index in [0.717, 1.165) is 25.9 Å². The fraction of sp³-hybridized carbons (Fsp3) is 0.588. The lowest BCUT2D eigenvalue weighted by atomic mass is 9.98. The Labute approximate surface area is 129 Å². The molecule has 1 rings (SSSR count). The Kier molecular flexibility index (Phi) is 7.60. The molecule has 0 aromatic heterocycles. The highest BCUT2D eigenvalue weighted by molar-refractivity contribution is 7.80. The molecule has 0 aliphatic heterocycles. The molecule has 0 radical (unpaired) electrons. The van der Waals surface area contributed by atoms with E-state index < -0.39 is 0 Å². The highest BCUT2D eigenvalue weighted by Gasteiger charge is 2.13. The fourth-order valence-corrected chi connectivity index (χ4v) is 2.39. The van der Waals surface area contributed by atoms with Crippen LogP contribution in [0.5, 0.6) is 0 Å². The topological polar surface area (TPSA) is 12.5 Å². The molecule has 0 saturated carbocycles. The molecule has 0 aliphatic rings. The Morgan fingerprint density at radius 2 is 1.85 bits per heavy atom. The van der Waals surface area contributed by atoms with Crippen molar-refractivity contribution < 1.29 is 4.74 Å². The number of hydrogen-bond donors (Lipinski definition) is 0. The van der Waals surface area contributed by atoms with E-state index in [9.17, 15) is 0 Å². The molecule has 3 heteroatoms. The zero-order chi connectivity index (χ0) is 15.0. The molecule has 0 saturated heterocycles. The van der Waals surface area contributed by atoms with Crippen LogP contribution in [0.1, 0.15) is 52.0 Å². The first-order valence-electron chi connectivity index (χ1n) is 7.58. The van der Waals surface area contributed by atoms with E-state index in [4.69, 9.17) is 17.0 Å². The number of thiocarbonyl (C=S) groups is 1. The molecule has 1 aromatic carbocycles. The number of ether oxygens (including phenoxy) is 1. The third-order valence-corrected chi connectivity index (χ3v) is 4.07. The van der Waals surface area contributed by atoms with Crippen molar-refractivity contribution in [2.45, 2.75) is 52.6 Å². The Balaban J connectivity index is 2.47. The van der Waals surface area contributed by atoms with Crippen molar-refractivity contribution in [3.8, 4) is 0 Å². The van der Waals surface area contributed by atoms with Gasteiger partial charge in [0.05, 0.1) is 6.10 Å². The monoisotopic (exact) mass is 293 g/mol. The van der Waals surface area contributed by atoms with Gasteiger partial charge >= 0.3 is 0 Å². The van der Waals surface area contributed by atoms with Crippen molar-refractivity contribution in [3.63, 3.8) is 0 Å². The second kappa shape index (κ2) is 8.96. The van der Waals surface area contributed by atoms with Gasteiger partial charge in [-0.05, 0) is 50.4 Å². The van der Waals surface area contributed by atoms with Crippen LogP contribution in [0, 0.1) is 0 Å². The first-order valence-corrected chi connectivity index (χ1v) is 7.99. The lowest BCUT2D eigenvalue weighted by molar-refractivity contribution is 0.168. The number of benzene rings is 1. The van der Waals surface area contributed by atoms with E-state index in [0.29, 0.717) is 11.1 Å². The van der Waals surface area contributed by atoms with Gasteiger partial charge in [-0.3, -0.25) is 0 Å². The van der Waals surface area contributed by atoms with Gasteiger partial charge in [0.1, 0.15) is 0 Å². The molecule has 2 nitrogen and oxygen atoms in total. The SMILES string of the molecule is CCC(C)OC(=S)N(CC)CCC(C)c1ccccc1. The summed E-state index contributed by atoms with van der Waals surface area (Å²) in [6.45, 7) is 10.4. The Bertz CT molecular complexity index is 393. The largest absolute Gasteiger partial charge is 0.468 e. The third kappa shape index (κ3) is 5.49. The molecule has 0 bridgehead atoms. The lowest BCUT2D eigenvalue weighted by Crippen LogP contribution is -2.34. The van der Waals surface area contributed by atoms with Gasteiger partial charge in [0.25, 0.3) is 5.17 Å². The average Bonchev–Trinajstić information content (AvgIpc) is 2.48. The summed E-state index contributed by atoms with van der Waals surface area (Å²) >= 11 is 5.39. The van der Waals surface area contributed by atoms with Gasteiger partial charge in [0, 0.05) is 13.1 Å². The first kappa shape index (κ1) is 17.0. The van der Waals surface area contributed by atoms with E-state index in [1.165, 1.54) is 5.56 Å². The van der Waals surface area contributed by atoms with Gasteiger partial charge in [0.15, 0.2) is 0 Å². The van der Waals surface area contributed by atoms with Crippen molar-refractivity contribution in [1.82, 2.24) is 4.90 Å². The van der Waals surface area contributed by atoms with Crippen LogP contribution < -0.4 is 0 Å². The lowest BCUT2D eigenvalue weighted by Gasteiger charge is -2.26. The molecular weight excluding hydrogens is 266 g/mol. The van der Waals surface area contributed by atoms with Crippen molar-refractivity contribution in [1.29, 1.82) is 0 Å². The van der Waals surface area contributed by atoms with Gasteiger partial charge in [0.2, 0.25) is 0 Å². The normalized spacial score (nSPS) is 13.6. The minimum Gasteiger partial charge on any atom is -0.468 e. The van der Waals surface area contributed by atoms with Crippen LogP contribution in [0.2, 0.25) is 0 Å². The van der Waals surface area contributed by atoms with E-state index in [1.807, 2.05) is 0 Å². The molecule has 0 N–H and O–H groups in total. The van der Waals surface area contributed by atoms with Crippen molar-refractivity contribution >= 4 is 17.4 Å². The van der Waals surface area contributed by atoms with E-state index in [2.05, 4.69) is 62.9 Å². The summed E-state index contributed by atoms with van der Waals surface area (Å²) in [6.07, 6.45) is 2.27. The van der Waals surface area contributed by atoms with Crippen LogP contribution in [0.3, 0.4) is 0 Å². The fourth-order valence-electron chi connectivity index (χ4n) is 2.01. The van der Waals surface area contributed by atoms with Gasteiger partial charge < -0.3 is 9.64 Å². The molecule has 0 heterocycles. The van der Waals surface area contributed by atoms with Crippen LogP contribution in [0.25, 0.3) is 0 Å². The van der Waals surface area contributed by atoms with Gasteiger partial charge in [-0.2, -0.15) is 0 Å². The maximum atomic E-state index is 5.75. The Morgan fingerprint density at radius 3 is 2.40 bits per heavy atom. The molecule has 0 amide bonds. The molecule has 2 atom stereocenters. The maximum Gasteiger partial charge on any atom is 0.259 e. The zero-order valence-corrected chi connectivity index (χ0v) is 14.0. The smallest absolute Gasteiger partial charge is 0.259 e. The van der Waals surface area contributed by atoms with Gasteiger partial charge in [-0.25, -0.2) is 0 Å². The van der Waals surface area contributed by atoms with Crippen LogP contribution >= 0.6 is 12.2 Å². The minimum absolute atomic E-state index is 0.197. The predicted octanol–water partition coefficient (Wildman–Crippen LogP) is 4.60. The van der Waals surface area contributed by atoms with E-state index in [1.54, 1.807) is 0 Å². The molecular formula is C17H27NOS. The third-order valence-electron chi connectivity index (χ3n) is 3.72. The summed E-state index contributed by atoms with van der Waals surface area (Å²) in [6, 6.07) is 10.6. The zero-order valence-electron chi connectivity index (χ0n) is 13.1. The van der Waals surface area contributed by atoms with Gasteiger partial charge in [-0.1, -0.05) is 44.2 Å². The van der Waals surface area contributed by atoms with Crippen molar-refractivity contribution in [3.05, 3.63) is 35.9 Å². The molecule has 0 spiro atoms. The van der Waals surface area contributed by atoms with Gasteiger partial charge in [-0.15, -0.1) is 0 Å². The van der Waals surface area contributed by atoms with Crippen LogP contribution in [0.15, 0.2) is 30.3 Å². The molecule has 1 aromatic rings. The highest BCUT2D eigenvalue weighted by atomic mass is 32.1. The number of hydrogen-bond acceptors (Lipinski definition) is 2. The van der Waals surface area contributed by atoms with Crippen molar-refractivity contribution in [2.24, 2.45) is 0 Å². The van der Waals surface area contributed by atoms with E-state index >= 15 is 0 Å². The summed E-state index contributed by atoms with van der Waals surface area (Å²) in [5, 5.41) is 0.641. The second-order valence-electron chi connectivity index (χ2n) is 5.28. The summed E-state index contributed by atoms with van der Waals surface area (Å²) < 4.78 is 5.75. The molecule has 20 heavy (non-hydrogen) atoms. The van der Waals surface area contributed by atoms with Crippen LogP contribution in [0.4, 0.5) is 0 Å². The summed E-state index contributed by atoms with van der Waals surface area (Å²) in [7, 11) is 0. The van der Waals surface area contributed by atoms with Crippen LogP contribution in [-0.4, -0.2) is 29.3 Å². The average molecular weight is 293 g/mol. The summed E-state index contributed by atoms with van der Waals surface area (Å²) in [5.41, 5.74) is 1.39. The Hall–Kier alpha value is -1.09. The van der Waals surface area contributed by atoms with Crippen LogP contribution in [-0.2, 0) is 4.74 Å². The standard InChI is InChI=1S/C17H27NOS/c1-5-15(4)19-17(20)18(6-2)13-12-14(3)16-10-8-7-9-11-16/h7-11,14-15H,5-6,12-13H2,1-4H3. The summed E-state index contributed by atoms with van der Waals surface area (Å²) in [4.78, 5) is 2.15. The van der Waals surface area contributed by atoms with Crippen molar-refractivity contribution in [2.75, 3.05) is 13.1 Å². The molecule has 0 fully saturated rings. The van der Waals surface area contributed by atoms with E-state index in [-0.39, 0.29) is 6.10 Å².